The third kappa shape index (κ3) is 4.68. The Morgan fingerprint density at radius 3 is 2.48 bits per heavy atom. The highest BCUT2D eigenvalue weighted by Crippen LogP contribution is 2.24. The minimum Gasteiger partial charge on any atom is -0.360 e. The first-order valence-electron chi connectivity index (χ1n) is 7.32. The maximum atomic E-state index is 12.2. The van der Waals surface area contributed by atoms with Crippen molar-refractivity contribution in [2.24, 2.45) is 0 Å². The van der Waals surface area contributed by atoms with Gasteiger partial charge in [-0.15, -0.1) is 0 Å². The standard InChI is InChI=1S/C13H20N4O5S/c1-9-8-11(16-22-9)14-12(18)15-13(19)17(23(2,20)21)10-6-4-3-5-7-10/h8,10H,3-7H2,1-2H3,(H2,14,15,16,18,19). The Labute approximate surface area is 134 Å². The number of imide groups is 1. The molecule has 2 rings (SSSR count). The molecule has 0 saturated heterocycles. The zero-order chi connectivity index (χ0) is 17.0. The number of amides is 4. The number of carbonyl (C=O) groups is 2. The summed E-state index contributed by atoms with van der Waals surface area (Å²) >= 11 is 0. The number of sulfonamides is 1. The highest BCUT2D eigenvalue weighted by Gasteiger charge is 2.33. The van der Waals surface area contributed by atoms with E-state index in [4.69, 9.17) is 4.52 Å². The van der Waals surface area contributed by atoms with E-state index < -0.39 is 28.1 Å². The predicted octanol–water partition coefficient (Wildman–Crippen LogP) is 1.82. The summed E-state index contributed by atoms with van der Waals surface area (Å²) < 4.78 is 29.4. The van der Waals surface area contributed by atoms with Crippen LogP contribution in [0.25, 0.3) is 0 Å². The normalized spacial score (nSPS) is 15.9. The summed E-state index contributed by atoms with van der Waals surface area (Å²) in [7, 11) is -3.77. The number of aromatic nitrogens is 1. The average molecular weight is 344 g/mol. The van der Waals surface area contributed by atoms with Crippen LogP contribution in [0.2, 0.25) is 0 Å². The van der Waals surface area contributed by atoms with E-state index in [1.165, 1.54) is 6.07 Å². The largest absolute Gasteiger partial charge is 0.360 e. The van der Waals surface area contributed by atoms with Gasteiger partial charge in [-0.05, 0) is 19.8 Å². The lowest BCUT2D eigenvalue weighted by Crippen LogP contribution is -2.51. The third-order valence-electron chi connectivity index (χ3n) is 3.55. The number of hydrogen-bond acceptors (Lipinski definition) is 6. The van der Waals surface area contributed by atoms with Gasteiger partial charge < -0.3 is 4.52 Å². The minimum atomic E-state index is -3.77. The Kier molecular flexibility index (Phi) is 5.24. The molecule has 1 fully saturated rings. The highest BCUT2D eigenvalue weighted by atomic mass is 32.2. The van der Waals surface area contributed by atoms with Crippen LogP contribution in [0.3, 0.4) is 0 Å². The van der Waals surface area contributed by atoms with E-state index in [1.807, 2.05) is 5.32 Å². The fraction of sp³-hybridized carbons (Fsp3) is 0.615. The fourth-order valence-electron chi connectivity index (χ4n) is 2.63. The number of aryl methyl sites for hydroxylation is 1. The van der Waals surface area contributed by atoms with E-state index in [0.29, 0.717) is 18.6 Å². The first kappa shape index (κ1) is 17.3. The zero-order valence-electron chi connectivity index (χ0n) is 13.0. The molecule has 1 aliphatic rings. The predicted molar refractivity (Wildman–Crippen MR) is 82.3 cm³/mol. The van der Waals surface area contributed by atoms with Gasteiger partial charge in [0.15, 0.2) is 5.82 Å². The average Bonchev–Trinajstić information content (AvgIpc) is 2.83. The van der Waals surface area contributed by atoms with Crippen LogP contribution in [-0.2, 0) is 10.0 Å². The minimum absolute atomic E-state index is 0.136. The second-order valence-electron chi connectivity index (χ2n) is 5.56. The van der Waals surface area contributed by atoms with Crippen LogP contribution in [0.1, 0.15) is 37.9 Å². The summed E-state index contributed by atoms with van der Waals surface area (Å²) in [5.41, 5.74) is 0. The fourth-order valence-corrected chi connectivity index (χ4v) is 3.73. The smallest absolute Gasteiger partial charge is 0.339 e. The second-order valence-corrected chi connectivity index (χ2v) is 7.42. The Morgan fingerprint density at radius 1 is 1.30 bits per heavy atom. The molecule has 1 saturated carbocycles. The number of nitrogens with one attached hydrogen (secondary N) is 2. The monoisotopic (exact) mass is 344 g/mol. The van der Waals surface area contributed by atoms with Gasteiger partial charge in [-0.25, -0.2) is 22.3 Å². The third-order valence-corrected chi connectivity index (χ3v) is 4.73. The van der Waals surface area contributed by atoms with Gasteiger partial charge in [0.05, 0.1) is 6.26 Å². The lowest BCUT2D eigenvalue weighted by molar-refractivity contribution is 0.199. The topological polar surface area (TPSA) is 122 Å². The van der Waals surface area contributed by atoms with E-state index in [2.05, 4.69) is 10.5 Å². The van der Waals surface area contributed by atoms with Gasteiger partial charge in [0.2, 0.25) is 10.0 Å². The summed E-state index contributed by atoms with van der Waals surface area (Å²) in [6.45, 7) is 1.65. The van der Waals surface area contributed by atoms with Crippen molar-refractivity contribution in [1.82, 2.24) is 14.8 Å². The molecule has 1 aliphatic carbocycles. The van der Waals surface area contributed by atoms with Crippen molar-refractivity contribution in [3.63, 3.8) is 0 Å². The van der Waals surface area contributed by atoms with Crippen molar-refractivity contribution < 1.29 is 22.5 Å². The molecule has 0 unspecified atom stereocenters. The Bertz CT molecular complexity index is 678. The van der Waals surface area contributed by atoms with Gasteiger partial charge in [-0.1, -0.05) is 24.4 Å². The van der Waals surface area contributed by atoms with Gasteiger partial charge >= 0.3 is 12.1 Å². The molecule has 0 spiro atoms. The molecule has 1 aromatic rings. The van der Waals surface area contributed by atoms with Crippen LogP contribution >= 0.6 is 0 Å². The number of nitrogens with zero attached hydrogens (tertiary/aromatic N) is 2. The number of urea groups is 2. The number of rotatable bonds is 3. The molecule has 0 aromatic carbocycles. The summed E-state index contributed by atoms with van der Waals surface area (Å²) in [5, 5.41) is 7.88. The molecular weight excluding hydrogens is 324 g/mol. The van der Waals surface area contributed by atoms with Crippen LogP contribution in [-0.4, -0.2) is 42.2 Å². The summed E-state index contributed by atoms with van der Waals surface area (Å²) in [6.07, 6.45) is 4.89. The molecule has 1 aromatic heterocycles. The molecule has 23 heavy (non-hydrogen) atoms. The number of hydrogen-bond donors (Lipinski definition) is 2. The molecule has 0 atom stereocenters. The van der Waals surface area contributed by atoms with Crippen molar-refractivity contribution >= 4 is 27.9 Å². The first-order chi connectivity index (χ1) is 10.8. The lowest BCUT2D eigenvalue weighted by atomic mass is 9.96. The van der Waals surface area contributed by atoms with Crippen LogP contribution in [0, 0.1) is 6.92 Å². The second kappa shape index (κ2) is 6.99. The van der Waals surface area contributed by atoms with E-state index >= 15 is 0 Å². The Hall–Kier alpha value is -2.10. The molecule has 4 amide bonds. The Morgan fingerprint density at radius 2 is 1.96 bits per heavy atom. The summed E-state index contributed by atoms with van der Waals surface area (Å²) in [4.78, 5) is 24.0. The van der Waals surface area contributed by atoms with Crippen molar-refractivity contribution in [2.75, 3.05) is 11.6 Å². The highest BCUT2D eigenvalue weighted by molar-refractivity contribution is 7.88. The van der Waals surface area contributed by atoms with Gasteiger partial charge in [0.25, 0.3) is 0 Å². The summed E-state index contributed by atoms with van der Waals surface area (Å²) in [6, 6.07) is -0.773. The number of anilines is 1. The van der Waals surface area contributed by atoms with Gasteiger partial charge in [-0.2, -0.15) is 0 Å². The summed E-state index contributed by atoms with van der Waals surface area (Å²) in [5.74, 6) is 0.628. The lowest BCUT2D eigenvalue weighted by Gasteiger charge is -2.32. The molecule has 1 heterocycles. The van der Waals surface area contributed by atoms with E-state index in [-0.39, 0.29) is 5.82 Å². The van der Waals surface area contributed by atoms with Crippen molar-refractivity contribution in [3.05, 3.63) is 11.8 Å². The van der Waals surface area contributed by atoms with Crippen LogP contribution in [0.5, 0.6) is 0 Å². The van der Waals surface area contributed by atoms with E-state index in [1.54, 1.807) is 6.92 Å². The molecule has 9 nitrogen and oxygen atoms in total. The van der Waals surface area contributed by atoms with Crippen LogP contribution in [0.15, 0.2) is 10.6 Å². The molecule has 2 N–H and O–H groups in total. The van der Waals surface area contributed by atoms with Crippen molar-refractivity contribution in [3.8, 4) is 0 Å². The molecule has 0 aliphatic heterocycles. The van der Waals surface area contributed by atoms with E-state index in [9.17, 15) is 18.0 Å². The number of carbonyl (C=O) groups excluding carboxylic acids is 2. The molecular formula is C13H20N4O5S. The van der Waals surface area contributed by atoms with Gasteiger partial charge in [0.1, 0.15) is 5.76 Å². The van der Waals surface area contributed by atoms with E-state index in [0.717, 1.165) is 29.8 Å². The first-order valence-corrected chi connectivity index (χ1v) is 9.17. The Balaban J connectivity index is 2.03. The molecule has 0 bridgehead atoms. The molecule has 0 radical (unpaired) electrons. The maximum Gasteiger partial charge on any atom is 0.339 e. The van der Waals surface area contributed by atoms with Gasteiger partial charge in [-0.3, -0.25) is 10.6 Å². The molecule has 128 valence electrons. The quantitative estimate of drug-likeness (QED) is 0.862. The van der Waals surface area contributed by atoms with Gasteiger partial charge in [0, 0.05) is 12.1 Å². The van der Waals surface area contributed by atoms with Crippen LogP contribution < -0.4 is 10.6 Å². The SMILES string of the molecule is Cc1cc(NC(=O)NC(=O)N(C2CCCCC2)S(C)(=O)=O)no1. The van der Waals surface area contributed by atoms with Crippen LogP contribution in [0.4, 0.5) is 15.4 Å². The molecule has 10 heteroatoms. The zero-order valence-corrected chi connectivity index (χ0v) is 13.9. The maximum absolute atomic E-state index is 12.2. The van der Waals surface area contributed by atoms with Crippen molar-refractivity contribution in [1.29, 1.82) is 0 Å². The van der Waals surface area contributed by atoms with Crippen molar-refractivity contribution in [2.45, 2.75) is 45.1 Å².